The monoisotopic (exact) mass is 639 g/mol. The first kappa shape index (κ1) is 31.0. The van der Waals surface area contributed by atoms with Crippen LogP contribution in [0.3, 0.4) is 0 Å². The molecule has 0 saturated heterocycles. The summed E-state index contributed by atoms with van der Waals surface area (Å²) in [6, 6.07) is 25.4. The van der Waals surface area contributed by atoms with Crippen molar-refractivity contribution in [3.8, 4) is 5.75 Å². The van der Waals surface area contributed by atoms with E-state index in [2.05, 4.69) is 16.0 Å². The molecule has 0 saturated carbocycles. The standard InChI is InChI=1S/C31H24Cl3N3O4S/c1-41-27-14-13-21(32)16-25(27)36-28(38)18-42-23-11-6-10-22(17-23)35-31(40)26(15-20-9-5-12-24(33)29(20)34)37-30(39)19-7-3-2-4-8-19/h2-17H,18H2,1H3,(H,35,40)(H,36,38)(H,37,39)/b26-15+. The molecule has 4 aromatic carbocycles. The minimum atomic E-state index is -0.580. The maximum atomic E-state index is 13.4. The molecule has 0 atom stereocenters. The molecule has 0 heterocycles. The van der Waals surface area contributed by atoms with Gasteiger partial charge in [0.15, 0.2) is 0 Å². The van der Waals surface area contributed by atoms with Crippen molar-refractivity contribution in [2.45, 2.75) is 4.90 Å². The Morgan fingerprint density at radius 3 is 2.38 bits per heavy atom. The van der Waals surface area contributed by atoms with Gasteiger partial charge in [0.05, 0.1) is 28.6 Å². The molecule has 0 unspecified atom stereocenters. The molecule has 0 aliphatic rings. The number of thioether (sulfide) groups is 1. The van der Waals surface area contributed by atoms with Crippen LogP contribution in [0, 0.1) is 0 Å². The van der Waals surface area contributed by atoms with Crippen LogP contribution in [0.5, 0.6) is 5.75 Å². The van der Waals surface area contributed by atoms with Crippen LogP contribution in [0.25, 0.3) is 6.08 Å². The van der Waals surface area contributed by atoms with Crippen LogP contribution in [-0.4, -0.2) is 30.6 Å². The number of hydrogen-bond donors (Lipinski definition) is 3. The van der Waals surface area contributed by atoms with Crippen molar-refractivity contribution in [1.82, 2.24) is 5.32 Å². The van der Waals surface area contributed by atoms with Crippen LogP contribution in [0.15, 0.2) is 102 Å². The number of carbonyl (C=O) groups is 3. The highest BCUT2D eigenvalue weighted by Gasteiger charge is 2.17. The minimum absolute atomic E-state index is 0.0408. The van der Waals surface area contributed by atoms with Gasteiger partial charge in [0.25, 0.3) is 11.8 Å². The van der Waals surface area contributed by atoms with Gasteiger partial charge in [-0.3, -0.25) is 14.4 Å². The Bertz CT molecular complexity index is 1650. The molecule has 3 N–H and O–H groups in total. The summed E-state index contributed by atoms with van der Waals surface area (Å²) in [4.78, 5) is 39.6. The van der Waals surface area contributed by atoms with Crippen LogP contribution in [0.2, 0.25) is 15.1 Å². The molecular weight excluding hydrogens is 617 g/mol. The predicted octanol–water partition coefficient (Wildman–Crippen LogP) is 7.80. The molecule has 0 radical (unpaired) electrons. The summed E-state index contributed by atoms with van der Waals surface area (Å²) < 4.78 is 5.27. The van der Waals surface area contributed by atoms with Gasteiger partial charge >= 0.3 is 0 Å². The van der Waals surface area contributed by atoms with Crippen molar-refractivity contribution in [3.63, 3.8) is 0 Å². The van der Waals surface area contributed by atoms with E-state index in [0.29, 0.717) is 38.3 Å². The molecule has 3 amide bonds. The van der Waals surface area contributed by atoms with Gasteiger partial charge in [-0.25, -0.2) is 0 Å². The van der Waals surface area contributed by atoms with Gasteiger partial charge in [0.1, 0.15) is 11.4 Å². The molecule has 4 aromatic rings. The largest absolute Gasteiger partial charge is 0.495 e. The van der Waals surface area contributed by atoms with Crippen molar-refractivity contribution in [2.75, 3.05) is 23.5 Å². The number of carbonyl (C=O) groups excluding carboxylic acids is 3. The third-order valence-electron chi connectivity index (χ3n) is 5.71. The van der Waals surface area contributed by atoms with E-state index in [1.165, 1.54) is 24.9 Å². The molecule has 0 fully saturated rings. The van der Waals surface area contributed by atoms with Crippen molar-refractivity contribution >= 4 is 81.7 Å². The maximum absolute atomic E-state index is 13.4. The molecule has 0 aliphatic carbocycles. The number of nitrogens with one attached hydrogen (secondary N) is 3. The van der Waals surface area contributed by atoms with Crippen LogP contribution in [0.4, 0.5) is 11.4 Å². The number of hydrogen-bond acceptors (Lipinski definition) is 5. The number of rotatable bonds is 10. The first-order valence-corrected chi connectivity index (χ1v) is 14.5. The second-order valence-corrected chi connectivity index (χ2v) is 11.0. The Morgan fingerprint density at radius 2 is 1.62 bits per heavy atom. The molecule has 214 valence electrons. The number of methoxy groups -OCH3 is 1. The summed E-state index contributed by atoms with van der Waals surface area (Å²) in [5.74, 6) is -0.726. The Morgan fingerprint density at radius 1 is 0.857 bits per heavy atom. The van der Waals surface area contributed by atoms with Gasteiger partial charge in [0.2, 0.25) is 5.91 Å². The minimum Gasteiger partial charge on any atom is -0.495 e. The number of ether oxygens (including phenoxy) is 1. The fourth-order valence-corrected chi connectivity index (χ4v) is 4.99. The number of halogens is 3. The van der Waals surface area contributed by atoms with E-state index in [1.807, 2.05) is 6.07 Å². The lowest BCUT2D eigenvalue weighted by molar-refractivity contribution is -0.114. The Balaban J connectivity index is 1.48. The second kappa shape index (κ2) is 14.8. The highest BCUT2D eigenvalue weighted by Crippen LogP contribution is 2.29. The first-order valence-electron chi connectivity index (χ1n) is 12.4. The molecule has 0 spiro atoms. The summed E-state index contributed by atoms with van der Waals surface area (Å²) in [5.41, 5.74) is 1.71. The van der Waals surface area contributed by atoms with Crippen LogP contribution in [0.1, 0.15) is 15.9 Å². The zero-order valence-electron chi connectivity index (χ0n) is 22.1. The Labute approximate surface area is 262 Å². The topological polar surface area (TPSA) is 96.5 Å². The maximum Gasteiger partial charge on any atom is 0.272 e. The highest BCUT2D eigenvalue weighted by molar-refractivity contribution is 8.00. The van der Waals surface area contributed by atoms with E-state index in [4.69, 9.17) is 39.5 Å². The Kier molecular flexibility index (Phi) is 10.9. The summed E-state index contributed by atoms with van der Waals surface area (Å²) in [6.07, 6.45) is 1.46. The van der Waals surface area contributed by atoms with Crippen LogP contribution >= 0.6 is 46.6 Å². The van der Waals surface area contributed by atoms with E-state index in [0.717, 1.165) is 4.90 Å². The predicted molar refractivity (Wildman–Crippen MR) is 171 cm³/mol. The van der Waals surface area contributed by atoms with Crippen molar-refractivity contribution in [3.05, 3.63) is 123 Å². The Hall–Kier alpha value is -3.95. The number of amides is 3. The van der Waals surface area contributed by atoms with E-state index in [1.54, 1.807) is 84.9 Å². The van der Waals surface area contributed by atoms with E-state index >= 15 is 0 Å². The second-order valence-electron chi connectivity index (χ2n) is 8.68. The average molecular weight is 641 g/mol. The van der Waals surface area contributed by atoms with E-state index in [-0.39, 0.29) is 22.4 Å². The molecule has 11 heteroatoms. The number of benzene rings is 4. The third-order valence-corrected chi connectivity index (χ3v) is 7.77. The van der Waals surface area contributed by atoms with E-state index in [9.17, 15) is 14.4 Å². The van der Waals surface area contributed by atoms with Gasteiger partial charge in [0, 0.05) is 21.2 Å². The molecule has 4 rings (SSSR count). The van der Waals surface area contributed by atoms with Gasteiger partial charge in [-0.05, 0) is 66.2 Å². The van der Waals surface area contributed by atoms with E-state index < -0.39 is 11.8 Å². The smallest absolute Gasteiger partial charge is 0.272 e. The summed E-state index contributed by atoms with van der Waals surface area (Å²) in [7, 11) is 1.50. The van der Waals surface area contributed by atoms with Gasteiger partial charge in [-0.1, -0.05) is 71.2 Å². The third kappa shape index (κ3) is 8.53. The normalized spacial score (nSPS) is 11.0. The van der Waals surface area contributed by atoms with Crippen LogP contribution in [-0.2, 0) is 9.59 Å². The van der Waals surface area contributed by atoms with Crippen LogP contribution < -0.4 is 20.7 Å². The SMILES string of the molecule is COc1ccc(Cl)cc1NC(=O)CSc1cccc(NC(=O)/C(=C\c2cccc(Cl)c2Cl)NC(=O)c2ccccc2)c1. The summed E-state index contributed by atoms with van der Waals surface area (Å²) in [6.45, 7) is 0. The van der Waals surface area contributed by atoms with Gasteiger partial charge < -0.3 is 20.7 Å². The zero-order chi connectivity index (χ0) is 30.1. The highest BCUT2D eigenvalue weighted by atomic mass is 35.5. The summed E-state index contributed by atoms with van der Waals surface area (Å²) >= 11 is 19.8. The average Bonchev–Trinajstić information content (AvgIpc) is 2.98. The summed E-state index contributed by atoms with van der Waals surface area (Å²) in [5, 5.41) is 9.27. The fourth-order valence-electron chi connectivity index (χ4n) is 3.70. The van der Waals surface area contributed by atoms with Gasteiger partial charge in [-0.2, -0.15) is 0 Å². The fraction of sp³-hybridized carbons (Fsp3) is 0.0645. The van der Waals surface area contributed by atoms with Crippen molar-refractivity contribution in [2.24, 2.45) is 0 Å². The molecule has 0 aliphatic heterocycles. The number of anilines is 2. The lowest BCUT2D eigenvalue weighted by Gasteiger charge is -2.13. The molecule has 0 aromatic heterocycles. The van der Waals surface area contributed by atoms with Gasteiger partial charge in [-0.15, -0.1) is 11.8 Å². The zero-order valence-corrected chi connectivity index (χ0v) is 25.2. The lowest BCUT2D eigenvalue weighted by atomic mass is 10.1. The molecule has 0 bridgehead atoms. The van der Waals surface area contributed by atoms with Crippen molar-refractivity contribution < 1.29 is 19.1 Å². The molecule has 7 nitrogen and oxygen atoms in total. The quantitative estimate of drug-likeness (QED) is 0.121. The van der Waals surface area contributed by atoms with Crippen molar-refractivity contribution in [1.29, 1.82) is 0 Å². The molecular formula is C31H24Cl3N3O4S. The first-order chi connectivity index (χ1) is 20.2. The lowest BCUT2D eigenvalue weighted by Crippen LogP contribution is -2.30. The molecule has 42 heavy (non-hydrogen) atoms.